The molecule has 0 fully saturated rings. The number of aryl methyl sites for hydroxylation is 1. The predicted octanol–water partition coefficient (Wildman–Crippen LogP) is 6.04. The molecule has 0 saturated heterocycles. The molecule has 1 heterocycles. The molecule has 36 heavy (non-hydrogen) atoms. The molecule has 4 rings (SSSR count). The van der Waals surface area contributed by atoms with Crippen molar-refractivity contribution in [2.24, 2.45) is 0 Å². The Hall–Kier alpha value is -4.63. The first kappa shape index (κ1) is 24.5. The van der Waals surface area contributed by atoms with Gasteiger partial charge in [0.2, 0.25) is 0 Å². The van der Waals surface area contributed by atoms with Crippen LogP contribution < -0.4 is 10.1 Å². The lowest BCUT2D eigenvalue weighted by molar-refractivity contribution is -0.117. The third-order valence-electron chi connectivity index (χ3n) is 5.88. The summed E-state index contributed by atoms with van der Waals surface area (Å²) < 4.78 is 21.6. The van der Waals surface area contributed by atoms with Crippen LogP contribution in [0, 0.1) is 31.0 Å². The van der Waals surface area contributed by atoms with Crippen molar-refractivity contribution >= 4 is 12.0 Å². The van der Waals surface area contributed by atoms with Crippen LogP contribution in [0.3, 0.4) is 0 Å². The van der Waals surface area contributed by atoms with Crippen LogP contribution in [0.25, 0.3) is 11.8 Å². The minimum absolute atomic E-state index is 0.0445. The molecule has 0 unspecified atom stereocenters. The first-order chi connectivity index (χ1) is 17.5. The number of carbonyl (C=O) groups is 1. The number of nitrogens with zero attached hydrogens (tertiary/aromatic N) is 2. The molecule has 0 saturated carbocycles. The van der Waals surface area contributed by atoms with Gasteiger partial charge in [-0.25, -0.2) is 4.39 Å². The second-order valence-corrected chi connectivity index (χ2v) is 8.37. The van der Waals surface area contributed by atoms with E-state index in [1.54, 1.807) is 24.3 Å². The smallest absolute Gasteiger partial charge is 0.262 e. The fourth-order valence-corrected chi connectivity index (χ4v) is 3.98. The summed E-state index contributed by atoms with van der Waals surface area (Å²) in [6.07, 6.45) is 1.62. The molecule has 3 aromatic carbocycles. The van der Waals surface area contributed by atoms with Gasteiger partial charge < -0.3 is 14.6 Å². The lowest BCUT2D eigenvalue weighted by atomic mass is 10.1. The standard InChI is InChI=1S/C30H26FN3O2/c1-21-16-25(17-26(18-32)30(35)33-19-23-8-4-3-5-9-23)22(2)34(21)27-12-14-28(15-13-27)36-20-24-10-6-7-11-29(24)31/h3-17H,19-20H2,1-2H3,(H,33,35)/b26-17-. The molecule has 180 valence electrons. The minimum atomic E-state index is -0.414. The van der Waals surface area contributed by atoms with E-state index in [1.807, 2.05) is 85.1 Å². The highest BCUT2D eigenvalue weighted by Crippen LogP contribution is 2.25. The summed E-state index contributed by atoms with van der Waals surface area (Å²) in [5.41, 5.74) is 5.06. The summed E-state index contributed by atoms with van der Waals surface area (Å²) in [6, 6.07) is 27.6. The van der Waals surface area contributed by atoms with E-state index in [0.29, 0.717) is 17.9 Å². The van der Waals surface area contributed by atoms with E-state index in [-0.39, 0.29) is 18.0 Å². The van der Waals surface area contributed by atoms with Gasteiger partial charge in [-0.2, -0.15) is 5.26 Å². The van der Waals surface area contributed by atoms with Crippen LogP contribution in [0.1, 0.15) is 28.1 Å². The molecule has 6 heteroatoms. The van der Waals surface area contributed by atoms with Gasteiger partial charge in [0.15, 0.2) is 0 Å². The lowest BCUT2D eigenvalue weighted by Gasteiger charge is -2.12. The molecular weight excluding hydrogens is 453 g/mol. The molecule has 4 aromatic rings. The van der Waals surface area contributed by atoms with Gasteiger partial charge in [-0.05, 0) is 67.4 Å². The second kappa shape index (κ2) is 11.2. The van der Waals surface area contributed by atoms with Gasteiger partial charge in [-0.15, -0.1) is 0 Å². The Labute approximate surface area is 210 Å². The zero-order chi connectivity index (χ0) is 25.5. The highest BCUT2D eigenvalue weighted by atomic mass is 19.1. The van der Waals surface area contributed by atoms with Crippen molar-refractivity contribution in [2.45, 2.75) is 27.0 Å². The highest BCUT2D eigenvalue weighted by Gasteiger charge is 2.14. The first-order valence-electron chi connectivity index (χ1n) is 11.6. The Morgan fingerprint density at radius 3 is 2.42 bits per heavy atom. The van der Waals surface area contributed by atoms with Crippen molar-refractivity contribution in [2.75, 3.05) is 0 Å². The zero-order valence-electron chi connectivity index (χ0n) is 20.2. The Morgan fingerprint density at radius 1 is 1.03 bits per heavy atom. The van der Waals surface area contributed by atoms with E-state index in [1.165, 1.54) is 6.07 Å². The molecule has 1 amide bonds. The Kier molecular flexibility index (Phi) is 7.62. The van der Waals surface area contributed by atoms with Gasteiger partial charge in [-0.3, -0.25) is 4.79 Å². The number of ether oxygens (including phenoxy) is 1. The molecule has 0 aliphatic rings. The molecular formula is C30H26FN3O2. The summed E-state index contributed by atoms with van der Waals surface area (Å²) in [6.45, 7) is 4.40. The molecule has 1 N–H and O–H groups in total. The topological polar surface area (TPSA) is 67.0 Å². The normalized spacial score (nSPS) is 11.1. The molecule has 0 radical (unpaired) electrons. The number of benzene rings is 3. The molecule has 0 bridgehead atoms. The van der Waals surface area contributed by atoms with Crippen LogP contribution >= 0.6 is 0 Å². The molecule has 0 atom stereocenters. The summed E-state index contributed by atoms with van der Waals surface area (Å²) in [5.74, 6) is -0.0762. The maximum atomic E-state index is 13.8. The number of aromatic nitrogens is 1. The van der Waals surface area contributed by atoms with Crippen molar-refractivity contribution in [3.05, 3.63) is 124 Å². The van der Waals surface area contributed by atoms with Crippen LogP contribution in [-0.2, 0) is 17.9 Å². The molecule has 0 aliphatic carbocycles. The number of nitrogens with one attached hydrogen (secondary N) is 1. The maximum Gasteiger partial charge on any atom is 0.262 e. The van der Waals surface area contributed by atoms with Crippen LogP contribution in [0.15, 0.2) is 90.5 Å². The molecule has 0 aliphatic heterocycles. The predicted molar refractivity (Wildman–Crippen MR) is 138 cm³/mol. The Bertz CT molecular complexity index is 1430. The van der Waals surface area contributed by atoms with Gasteiger partial charge >= 0.3 is 0 Å². The van der Waals surface area contributed by atoms with Crippen molar-refractivity contribution in [3.8, 4) is 17.5 Å². The average molecular weight is 480 g/mol. The number of hydrogen-bond donors (Lipinski definition) is 1. The third kappa shape index (κ3) is 5.70. The largest absolute Gasteiger partial charge is 0.489 e. The second-order valence-electron chi connectivity index (χ2n) is 8.37. The average Bonchev–Trinajstić information content (AvgIpc) is 3.18. The SMILES string of the molecule is Cc1cc(/C=C(/C#N)C(=O)NCc2ccccc2)c(C)n1-c1ccc(OCc2ccccc2F)cc1. The van der Waals surface area contributed by atoms with Crippen molar-refractivity contribution in [3.63, 3.8) is 0 Å². The van der Waals surface area contributed by atoms with E-state index < -0.39 is 5.91 Å². The van der Waals surface area contributed by atoms with Gasteiger partial charge in [0, 0.05) is 29.2 Å². The Balaban J connectivity index is 1.48. The number of hydrogen-bond acceptors (Lipinski definition) is 3. The van der Waals surface area contributed by atoms with Gasteiger partial charge in [0.25, 0.3) is 5.91 Å². The molecule has 1 aromatic heterocycles. The minimum Gasteiger partial charge on any atom is -0.489 e. The zero-order valence-corrected chi connectivity index (χ0v) is 20.2. The van der Waals surface area contributed by atoms with Crippen LogP contribution in [0.5, 0.6) is 5.75 Å². The summed E-state index contributed by atoms with van der Waals surface area (Å²) in [4.78, 5) is 12.6. The molecule has 5 nitrogen and oxygen atoms in total. The van der Waals surface area contributed by atoms with Gasteiger partial charge in [0.05, 0.1) is 0 Å². The van der Waals surface area contributed by atoms with Crippen molar-refractivity contribution in [1.82, 2.24) is 9.88 Å². The summed E-state index contributed by atoms with van der Waals surface area (Å²) >= 11 is 0. The molecule has 0 spiro atoms. The summed E-state index contributed by atoms with van der Waals surface area (Å²) in [7, 11) is 0. The number of amides is 1. The first-order valence-corrected chi connectivity index (χ1v) is 11.6. The Morgan fingerprint density at radius 2 is 1.72 bits per heavy atom. The van der Waals surface area contributed by atoms with E-state index >= 15 is 0 Å². The fraction of sp³-hybridized carbons (Fsp3) is 0.133. The number of nitriles is 1. The third-order valence-corrected chi connectivity index (χ3v) is 5.88. The van der Waals surface area contributed by atoms with E-state index in [0.717, 1.165) is 28.2 Å². The van der Waals surface area contributed by atoms with Crippen LogP contribution in [0.2, 0.25) is 0 Å². The van der Waals surface area contributed by atoms with E-state index in [4.69, 9.17) is 4.74 Å². The monoisotopic (exact) mass is 479 g/mol. The lowest BCUT2D eigenvalue weighted by Crippen LogP contribution is -2.23. The van der Waals surface area contributed by atoms with Crippen LogP contribution in [0.4, 0.5) is 4.39 Å². The van der Waals surface area contributed by atoms with E-state index in [2.05, 4.69) is 5.32 Å². The maximum absolute atomic E-state index is 13.8. The van der Waals surface area contributed by atoms with Gasteiger partial charge in [0.1, 0.15) is 29.8 Å². The highest BCUT2D eigenvalue weighted by molar-refractivity contribution is 6.01. The van der Waals surface area contributed by atoms with Crippen LogP contribution in [-0.4, -0.2) is 10.5 Å². The van der Waals surface area contributed by atoms with E-state index in [9.17, 15) is 14.4 Å². The van der Waals surface area contributed by atoms with Crippen molar-refractivity contribution < 1.29 is 13.9 Å². The summed E-state index contributed by atoms with van der Waals surface area (Å²) in [5, 5.41) is 12.4. The van der Waals surface area contributed by atoms with Crippen molar-refractivity contribution in [1.29, 1.82) is 5.26 Å². The fourth-order valence-electron chi connectivity index (χ4n) is 3.98. The number of rotatable bonds is 8. The van der Waals surface area contributed by atoms with Gasteiger partial charge in [-0.1, -0.05) is 48.5 Å². The number of halogens is 1. The quantitative estimate of drug-likeness (QED) is 0.248. The number of carbonyl (C=O) groups excluding carboxylic acids is 1.